The summed E-state index contributed by atoms with van der Waals surface area (Å²) in [5.41, 5.74) is 1.23. The van der Waals surface area contributed by atoms with E-state index in [-0.39, 0.29) is 23.7 Å². The van der Waals surface area contributed by atoms with Crippen molar-refractivity contribution >= 4 is 5.78 Å². The van der Waals surface area contributed by atoms with Crippen molar-refractivity contribution < 1.29 is 24.5 Å². The van der Waals surface area contributed by atoms with E-state index in [1.165, 1.54) is 32.4 Å². The van der Waals surface area contributed by atoms with E-state index in [4.69, 9.17) is 9.47 Å². The van der Waals surface area contributed by atoms with Gasteiger partial charge in [-0.05, 0) is 18.2 Å². The second kappa shape index (κ2) is 6.39. The van der Waals surface area contributed by atoms with E-state index in [1.807, 2.05) is 0 Å². The highest BCUT2D eigenvalue weighted by Crippen LogP contribution is 2.43. The lowest BCUT2D eigenvalue weighted by Crippen LogP contribution is -2.01. The van der Waals surface area contributed by atoms with E-state index in [0.717, 1.165) is 0 Å². The van der Waals surface area contributed by atoms with Gasteiger partial charge in [-0.3, -0.25) is 4.79 Å². The first-order valence-corrected chi connectivity index (χ1v) is 6.83. The van der Waals surface area contributed by atoms with Crippen LogP contribution in [0.5, 0.6) is 23.0 Å². The number of rotatable bonds is 5. The summed E-state index contributed by atoms with van der Waals surface area (Å²) in [5.74, 6) is 0.621. The molecule has 0 unspecified atom stereocenters. The summed E-state index contributed by atoms with van der Waals surface area (Å²) in [7, 11) is 2.96. The standard InChI is InChI=1S/C17H18O5/c1-4-14(19)13-7-10(18)5-6-12(13)17-15(20)8-11(21-2)9-16(17)22-3/h5-9,18,20H,4H2,1-3H3. The third kappa shape index (κ3) is 2.83. The number of carbonyl (C=O) groups is 1. The number of phenols is 2. The molecule has 116 valence electrons. The van der Waals surface area contributed by atoms with Crippen LogP contribution in [0, 0.1) is 0 Å². The zero-order chi connectivity index (χ0) is 16.3. The highest BCUT2D eigenvalue weighted by Gasteiger charge is 2.20. The van der Waals surface area contributed by atoms with Crippen molar-refractivity contribution in [3.05, 3.63) is 35.9 Å². The van der Waals surface area contributed by atoms with E-state index >= 15 is 0 Å². The molecule has 0 aliphatic carbocycles. The molecule has 0 aliphatic rings. The molecule has 22 heavy (non-hydrogen) atoms. The monoisotopic (exact) mass is 302 g/mol. The van der Waals surface area contributed by atoms with Gasteiger partial charge in [0, 0.05) is 29.7 Å². The van der Waals surface area contributed by atoms with Crippen LogP contribution in [0.25, 0.3) is 11.1 Å². The molecule has 2 aromatic carbocycles. The average Bonchev–Trinajstić information content (AvgIpc) is 2.53. The fourth-order valence-electron chi connectivity index (χ4n) is 2.30. The van der Waals surface area contributed by atoms with Gasteiger partial charge in [-0.15, -0.1) is 0 Å². The molecule has 0 saturated carbocycles. The first kappa shape index (κ1) is 15.7. The van der Waals surface area contributed by atoms with Crippen molar-refractivity contribution in [2.45, 2.75) is 13.3 Å². The number of phenolic OH excluding ortho intramolecular Hbond substituents is 2. The van der Waals surface area contributed by atoms with Crippen molar-refractivity contribution in [1.82, 2.24) is 0 Å². The number of ketones is 1. The normalized spacial score (nSPS) is 10.3. The van der Waals surface area contributed by atoms with Crippen molar-refractivity contribution in [2.24, 2.45) is 0 Å². The number of aromatic hydroxyl groups is 2. The van der Waals surface area contributed by atoms with Crippen molar-refractivity contribution in [1.29, 1.82) is 0 Å². The molecule has 5 nitrogen and oxygen atoms in total. The molecule has 5 heteroatoms. The van der Waals surface area contributed by atoms with Crippen LogP contribution in [-0.2, 0) is 0 Å². The maximum absolute atomic E-state index is 12.1. The van der Waals surface area contributed by atoms with Gasteiger partial charge < -0.3 is 19.7 Å². The van der Waals surface area contributed by atoms with Gasteiger partial charge in [0.05, 0.1) is 19.8 Å². The lowest BCUT2D eigenvalue weighted by molar-refractivity contribution is 0.0988. The van der Waals surface area contributed by atoms with E-state index in [2.05, 4.69) is 0 Å². The smallest absolute Gasteiger partial charge is 0.163 e. The molecule has 2 rings (SSSR count). The number of benzene rings is 2. The Morgan fingerprint density at radius 2 is 1.82 bits per heavy atom. The molecule has 0 heterocycles. The number of methoxy groups -OCH3 is 2. The predicted octanol–water partition coefficient (Wildman–Crippen LogP) is 3.37. The molecule has 0 aromatic heterocycles. The Balaban J connectivity index is 2.74. The van der Waals surface area contributed by atoms with Crippen LogP contribution in [0.4, 0.5) is 0 Å². The summed E-state index contributed by atoms with van der Waals surface area (Å²) in [6.07, 6.45) is 0.287. The van der Waals surface area contributed by atoms with Crippen molar-refractivity contribution in [2.75, 3.05) is 14.2 Å². The first-order valence-electron chi connectivity index (χ1n) is 6.83. The molecule has 0 saturated heterocycles. The molecule has 0 bridgehead atoms. The third-order valence-corrected chi connectivity index (χ3v) is 3.40. The van der Waals surface area contributed by atoms with Crippen LogP contribution in [0.1, 0.15) is 23.7 Å². The second-order valence-corrected chi connectivity index (χ2v) is 4.73. The van der Waals surface area contributed by atoms with Crippen molar-refractivity contribution in [3.63, 3.8) is 0 Å². The molecule has 0 atom stereocenters. The van der Waals surface area contributed by atoms with Gasteiger partial charge >= 0.3 is 0 Å². The van der Waals surface area contributed by atoms with Gasteiger partial charge in [-0.2, -0.15) is 0 Å². The van der Waals surface area contributed by atoms with Gasteiger partial charge in [0.25, 0.3) is 0 Å². The SMILES string of the molecule is CCC(=O)c1cc(O)ccc1-c1c(O)cc(OC)cc1OC. The van der Waals surface area contributed by atoms with Crippen LogP contribution in [0.15, 0.2) is 30.3 Å². The van der Waals surface area contributed by atoms with E-state index in [9.17, 15) is 15.0 Å². The minimum atomic E-state index is -0.136. The Hall–Kier alpha value is -2.69. The lowest BCUT2D eigenvalue weighted by Gasteiger charge is -2.15. The summed E-state index contributed by atoms with van der Waals surface area (Å²) < 4.78 is 10.4. The predicted molar refractivity (Wildman–Crippen MR) is 82.9 cm³/mol. The molecule has 0 aliphatic heterocycles. The molecule has 2 aromatic rings. The number of ether oxygens (including phenoxy) is 2. The largest absolute Gasteiger partial charge is 0.508 e. The van der Waals surface area contributed by atoms with Gasteiger partial charge in [-0.1, -0.05) is 6.92 Å². The zero-order valence-corrected chi connectivity index (χ0v) is 12.7. The van der Waals surface area contributed by atoms with Crippen LogP contribution in [-0.4, -0.2) is 30.2 Å². The molecule has 0 radical (unpaired) electrons. The highest BCUT2D eigenvalue weighted by molar-refractivity contribution is 6.04. The minimum Gasteiger partial charge on any atom is -0.508 e. The summed E-state index contributed by atoms with van der Waals surface area (Å²) in [5, 5.41) is 19.9. The molecular formula is C17H18O5. The zero-order valence-electron chi connectivity index (χ0n) is 12.7. The van der Waals surface area contributed by atoms with E-state index < -0.39 is 0 Å². The number of hydrogen-bond acceptors (Lipinski definition) is 5. The van der Waals surface area contributed by atoms with Gasteiger partial charge in [0.2, 0.25) is 0 Å². The fraction of sp³-hybridized carbons (Fsp3) is 0.235. The Morgan fingerprint density at radius 1 is 1.09 bits per heavy atom. The summed E-state index contributed by atoms with van der Waals surface area (Å²) in [6.45, 7) is 1.74. The molecule has 0 fully saturated rings. The molecule has 0 amide bonds. The molecular weight excluding hydrogens is 284 g/mol. The van der Waals surface area contributed by atoms with Crippen LogP contribution < -0.4 is 9.47 Å². The number of Topliss-reactive ketones (excluding diaryl/α,β-unsaturated/α-hetero) is 1. The summed E-state index contributed by atoms with van der Waals surface area (Å²) in [4.78, 5) is 12.1. The number of hydrogen-bond donors (Lipinski definition) is 2. The molecule has 0 spiro atoms. The second-order valence-electron chi connectivity index (χ2n) is 4.73. The molecule has 2 N–H and O–H groups in total. The third-order valence-electron chi connectivity index (χ3n) is 3.40. The Morgan fingerprint density at radius 3 is 2.41 bits per heavy atom. The van der Waals surface area contributed by atoms with E-state index in [0.29, 0.717) is 28.2 Å². The average molecular weight is 302 g/mol. The van der Waals surface area contributed by atoms with Crippen LogP contribution in [0.3, 0.4) is 0 Å². The van der Waals surface area contributed by atoms with Crippen molar-refractivity contribution in [3.8, 4) is 34.1 Å². The highest BCUT2D eigenvalue weighted by atomic mass is 16.5. The maximum Gasteiger partial charge on any atom is 0.163 e. The Kier molecular flexibility index (Phi) is 4.56. The summed E-state index contributed by atoms with van der Waals surface area (Å²) >= 11 is 0. The van der Waals surface area contributed by atoms with Gasteiger partial charge in [-0.25, -0.2) is 0 Å². The maximum atomic E-state index is 12.1. The first-order chi connectivity index (χ1) is 10.5. The Labute approximate surface area is 128 Å². The quantitative estimate of drug-likeness (QED) is 0.828. The number of carbonyl (C=O) groups excluding carboxylic acids is 1. The fourth-order valence-corrected chi connectivity index (χ4v) is 2.30. The Bertz CT molecular complexity index is 706. The van der Waals surface area contributed by atoms with Gasteiger partial charge in [0.1, 0.15) is 23.0 Å². The summed E-state index contributed by atoms with van der Waals surface area (Å²) in [6, 6.07) is 7.52. The topological polar surface area (TPSA) is 76.0 Å². The van der Waals surface area contributed by atoms with Gasteiger partial charge in [0.15, 0.2) is 5.78 Å². The van der Waals surface area contributed by atoms with Crippen LogP contribution >= 0.6 is 0 Å². The lowest BCUT2D eigenvalue weighted by atomic mass is 9.94. The van der Waals surface area contributed by atoms with E-state index in [1.54, 1.807) is 19.1 Å². The van der Waals surface area contributed by atoms with Crippen LogP contribution in [0.2, 0.25) is 0 Å². The minimum absolute atomic E-state index is 0.00693.